The molecule has 0 saturated carbocycles. The predicted octanol–water partition coefficient (Wildman–Crippen LogP) is 3.55. The number of rotatable bonds is 3. The van der Waals surface area contributed by atoms with Crippen LogP contribution in [0.2, 0.25) is 0 Å². The van der Waals surface area contributed by atoms with Crippen LogP contribution >= 0.6 is 15.9 Å². The third-order valence-electron chi connectivity index (χ3n) is 2.52. The van der Waals surface area contributed by atoms with Gasteiger partial charge in [-0.2, -0.15) is 0 Å². The van der Waals surface area contributed by atoms with Gasteiger partial charge >= 0.3 is 6.36 Å². The first-order valence-electron chi connectivity index (χ1n) is 5.20. The van der Waals surface area contributed by atoms with E-state index in [-0.39, 0.29) is 5.75 Å². The molecule has 0 aromatic heterocycles. The summed E-state index contributed by atoms with van der Waals surface area (Å²) in [6.07, 6.45) is -3.49. The minimum atomic E-state index is -4.64. The number of benzene rings is 1. The average Bonchev–Trinajstić information content (AvgIpc) is 2.07. The number of hydrogen-bond acceptors (Lipinski definition) is 2. The zero-order valence-corrected chi connectivity index (χ0v) is 10.5. The van der Waals surface area contributed by atoms with Crippen molar-refractivity contribution in [3.8, 4) is 5.75 Å². The molecule has 1 aromatic carbocycles. The van der Waals surface area contributed by atoms with Gasteiger partial charge < -0.3 is 4.74 Å². The molecule has 94 valence electrons. The first kappa shape index (κ1) is 12.7. The standard InChI is InChI=1S/C11H11BrF3NO/c12-9-4-8(7-16-2-1-3-16)5-10(6-9)17-11(13,14)15/h4-6H,1-3,7H2. The van der Waals surface area contributed by atoms with E-state index in [1.165, 1.54) is 12.1 Å². The highest BCUT2D eigenvalue weighted by Gasteiger charge is 2.31. The molecule has 1 heterocycles. The van der Waals surface area contributed by atoms with Crippen LogP contribution in [0.15, 0.2) is 22.7 Å². The van der Waals surface area contributed by atoms with Crippen LogP contribution in [-0.4, -0.2) is 24.4 Å². The molecule has 1 saturated heterocycles. The Balaban J connectivity index is 2.10. The summed E-state index contributed by atoms with van der Waals surface area (Å²) < 4.78 is 40.8. The molecule has 2 rings (SSSR count). The summed E-state index contributed by atoms with van der Waals surface area (Å²) in [5.74, 6) is -0.178. The third-order valence-corrected chi connectivity index (χ3v) is 2.98. The largest absolute Gasteiger partial charge is 0.573 e. The summed E-state index contributed by atoms with van der Waals surface area (Å²) in [5.41, 5.74) is 0.818. The van der Waals surface area contributed by atoms with Gasteiger partial charge in [-0.3, -0.25) is 4.90 Å². The Morgan fingerprint density at radius 3 is 2.47 bits per heavy atom. The van der Waals surface area contributed by atoms with Gasteiger partial charge in [-0.15, -0.1) is 13.2 Å². The molecule has 0 N–H and O–H groups in total. The normalized spacial score (nSPS) is 16.7. The number of nitrogens with zero attached hydrogens (tertiary/aromatic N) is 1. The smallest absolute Gasteiger partial charge is 0.406 e. The minimum absolute atomic E-state index is 0.178. The van der Waals surface area contributed by atoms with Gasteiger partial charge in [-0.1, -0.05) is 15.9 Å². The molecule has 2 nitrogen and oxygen atoms in total. The van der Waals surface area contributed by atoms with E-state index in [0.717, 1.165) is 25.1 Å². The van der Waals surface area contributed by atoms with E-state index >= 15 is 0 Å². The van der Waals surface area contributed by atoms with Crippen LogP contribution in [0.5, 0.6) is 5.75 Å². The Bertz CT molecular complexity index is 404. The molecule has 0 bridgehead atoms. The van der Waals surface area contributed by atoms with Crippen molar-refractivity contribution < 1.29 is 17.9 Å². The zero-order chi connectivity index (χ0) is 12.5. The van der Waals surface area contributed by atoms with Crippen LogP contribution in [0.3, 0.4) is 0 Å². The highest BCUT2D eigenvalue weighted by Crippen LogP contribution is 2.28. The summed E-state index contributed by atoms with van der Waals surface area (Å²) in [4.78, 5) is 2.17. The van der Waals surface area contributed by atoms with Crippen molar-refractivity contribution in [1.29, 1.82) is 0 Å². The van der Waals surface area contributed by atoms with Gasteiger partial charge in [0.15, 0.2) is 0 Å². The van der Waals surface area contributed by atoms with Crippen molar-refractivity contribution in [2.24, 2.45) is 0 Å². The van der Waals surface area contributed by atoms with E-state index in [2.05, 4.69) is 25.6 Å². The summed E-state index contributed by atoms with van der Waals surface area (Å²) in [6.45, 7) is 2.66. The molecule has 17 heavy (non-hydrogen) atoms. The molecule has 0 aliphatic carbocycles. The predicted molar refractivity (Wildman–Crippen MR) is 60.7 cm³/mol. The Hall–Kier alpha value is -0.750. The zero-order valence-electron chi connectivity index (χ0n) is 8.93. The first-order valence-corrected chi connectivity index (χ1v) is 5.99. The van der Waals surface area contributed by atoms with Crippen molar-refractivity contribution in [2.75, 3.05) is 13.1 Å². The topological polar surface area (TPSA) is 12.5 Å². The molecular weight excluding hydrogens is 299 g/mol. The van der Waals surface area contributed by atoms with E-state index < -0.39 is 6.36 Å². The van der Waals surface area contributed by atoms with Gasteiger partial charge in [0.2, 0.25) is 0 Å². The van der Waals surface area contributed by atoms with Gasteiger partial charge in [-0.25, -0.2) is 0 Å². The fraction of sp³-hybridized carbons (Fsp3) is 0.455. The Morgan fingerprint density at radius 1 is 1.24 bits per heavy atom. The fourth-order valence-corrected chi connectivity index (χ4v) is 2.22. The highest BCUT2D eigenvalue weighted by atomic mass is 79.9. The van der Waals surface area contributed by atoms with E-state index in [0.29, 0.717) is 11.0 Å². The van der Waals surface area contributed by atoms with Crippen LogP contribution in [0.1, 0.15) is 12.0 Å². The van der Waals surface area contributed by atoms with E-state index in [9.17, 15) is 13.2 Å². The third kappa shape index (κ3) is 3.89. The molecule has 1 aliphatic heterocycles. The number of alkyl halides is 3. The minimum Gasteiger partial charge on any atom is -0.406 e. The summed E-state index contributed by atoms with van der Waals surface area (Å²) >= 11 is 3.18. The fourth-order valence-electron chi connectivity index (χ4n) is 1.70. The molecule has 0 unspecified atom stereocenters. The lowest BCUT2D eigenvalue weighted by Crippen LogP contribution is -2.36. The number of likely N-dealkylation sites (tertiary alicyclic amines) is 1. The quantitative estimate of drug-likeness (QED) is 0.846. The Labute approximate surface area is 105 Å². The van der Waals surface area contributed by atoms with Crippen molar-refractivity contribution in [3.05, 3.63) is 28.2 Å². The molecule has 6 heteroatoms. The molecular formula is C11H11BrF3NO. The lowest BCUT2D eigenvalue weighted by molar-refractivity contribution is -0.274. The van der Waals surface area contributed by atoms with Gasteiger partial charge in [0.25, 0.3) is 0 Å². The van der Waals surface area contributed by atoms with E-state index in [1.54, 1.807) is 0 Å². The lowest BCUT2D eigenvalue weighted by atomic mass is 10.1. The van der Waals surface area contributed by atoms with Crippen LogP contribution in [0.25, 0.3) is 0 Å². The maximum absolute atomic E-state index is 12.1. The number of hydrogen-bond donors (Lipinski definition) is 0. The SMILES string of the molecule is FC(F)(F)Oc1cc(Br)cc(CN2CCC2)c1. The summed E-state index contributed by atoms with van der Waals surface area (Å²) in [6, 6.07) is 4.55. The first-order chi connectivity index (χ1) is 7.92. The second-order valence-corrected chi connectivity index (χ2v) is 4.89. The molecule has 0 spiro atoms. The van der Waals surface area contributed by atoms with E-state index in [1.807, 2.05) is 6.07 Å². The lowest BCUT2D eigenvalue weighted by Gasteiger charge is -2.30. The maximum atomic E-state index is 12.1. The number of ether oxygens (including phenoxy) is 1. The van der Waals surface area contributed by atoms with Gasteiger partial charge in [0.1, 0.15) is 5.75 Å². The van der Waals surface area contributed by atoms with E-state index in [4.69, 9.17) is 0 Å². The van der Waals surface area contributed by atoms with Crippen LogP contribution in [0.4, 0.5) is 13.2 Å². The van der Waals surface area contributed by atoms with Gasteiger partial charge in [-0.05, 0) is 43.3 Å². The summed E-state index contributed by atoms with van der Waals surface area (Å²) in [5, 5.41) is 0. The number of halogens is 4. The van der Waals surface area contributed by atoms with Crippen LogP contribution in [-0.2, 0) is 6.54 Å². The Morgan fingerprint density at radius 2 is 1.94 bits per heavy atom. The molecule has 1 aliphatic rings. The van der Waals surface area contributed by atoms with Gasteiger partial charge in [0.05, 0.1) is 0 Å². The van der Waals surface area contributed by atoms with Crippen LogP contribution < -0.4 is 4.74 Å². The van der Waals surface area contributed by atoms with Crippen molar-refractivity contribution in [1.82, 2.24) is 4.90 Å². The molecule has 0 radical (unpaired) electrons. The maximum Gasteiger partial charge on any atom is 0.573 e. The molecule has 1 fully saturated rings. The van der Waals surface area contributed by atoms with Crippen molar-refractivity contribution >= 4 is 15.9 Å². The monoisotopic (exact) mass is 309 g/mol. The van der Waals surface area contributed by atoms with Crippen molar-refractivity contribution in [3.63, 3.8) is 0 Å². The second-order valence-electron chi connectivity index (χ2n) is 3.97. The molecule has 1 aromatic rings. The Kier molecular flexibility index (Phi) is 3.63. The molecule has 0 atom stereocenters. The highest BCUT2D eigenvalue weighted by molar-refractivity contribution is 9.10. The average molecular weight is 310 g/mol. The summed E-state index contributed by atoms with van der Waals surface area (Å²) in [7, 11) is 0. The van der Waals surface area contributed by atoms with Crippen LogP contribution in [0, 0.1) is 0 Å². The van der Waals surface area contributed by atoms with Crippen molar-refractivity contribution in [2.45, 2.75) is 19.3 Å². The molecule has 0 amide bonds. The second kappa shape index (κ2) is 4.86. The van der Waals surface area contributed by atoms with Gasteiger partial charge in [0, 0.05) is 11.0 Å².